The highest BCUT2D eigenvalue weighted by molar-refractivity contribution is 5.70. The number of ether oxygens (including phenoxy) is 3. The van der Waals surface area contributed by atoms with E-state index in [2.05, 4.69) is 38.2 Å². The lowest BCUT2D eigenvalue weighted by Crippen LogP contribution is -2.55. The van der Waals surface area contributed by atoms with E-state index in [1.54, 1.807) is 21.1 Å². The van der Waals surface area contributed by atoms with Crippen LogP contribution in [0.2, 0.25) is 0 Å². The molecular formula is C48H89NO7. The molecule has 0 heterocycles. The molecule has 8 nitrogen and oxygen atoms in total. The number of carbonyl (C=O) groups excluding carboxylic acids is 3. The summed E-state index contributed by atoms with van der Waals surface area (Å²) in [6.45, 7) is 4.63. The number of hydrogen-bond acceptors (Lipinski definition) is 7. The lowest BCUT2D eigenvalue weighted by Gasteiger charge is -2.34. The van der Waals surface area contributed by atoms with E-state index in [1.807, 2.05) is 0 Å². The van der Waals surface area contributed by atoms with Crippen LogP contribution in [0.5, 0.6) is 0 Å². The van der Waals surface area contributed by atoms with Crippen molar-refractivity contribution in [3.8, 4) is 0 Å². The second-order valence-electron chi connectivity index (χ2n) is 17.0. The first kappa shape index (κ1) is 53.8. The molecule has 8 heteroatoms. The number of esters is 2. The van der Waals surface area contributed by atoms with E-state index in [0.29, 0.717) is 12.8 Å². The molecule has 0 aromatic carbocycles. The molecule has 0 rings (SSSR count). The molecule has 2 atom stereocenters. The Morgan fingerprint density at radius 2 is 0.911 bits per heavy atom. The van der Waals surface area contributed by atoms with Gasteiger partial charge in [-0.05, 0) is 57.8 Å². The van der Waals surface area contributed by atoms with Crippen LogP contribution < -0.4 is 5.11 Å². The van der Waals surface area contributed by atoms with Crippen LogP contribution in [0.4, 0.5) is 0 Å². The SMILES string of the molecule is CCCC/C=C/CCCCCCCC(=O)OCC(COCCC(C(=O)[O-])[N+](C)(C)C)OC(=O)CCCCCCCCC/C=C/CCCCCCCCCCCC. The number of likely N-dealkylation sites (N-methyl/N-ethyl adjacent to an activating group) is 1. The molecule has 0 aromatic rings. The topological polar surface area (TPSA) is 102 Å². The average Bonchev–Trinajstić information content (AvgIpc) is 3.15. The first-order chi connectivity index (χ1) is 27.1. The number of allylic oxidation sites excluding steroid dienone is 4. The van der Waals surface area contributed by atoms with E-state index in [1.165, 1.54) is 128 Å². The van der Waals surface area contributed by atoms with Gasteiger partial charge in [0.15, 0.2) is 6.10 Å². The summed E-state index contributed by atoms with van der Waals surface area (Å²) < 4.78 is 17.2. The molecular weight excluding hydrogens is 703 g/mol. The number of unbranched alkanes of at least 4 members (excludes halogenated alkanes) is 24. The summed E-state index contributed by atoms with van der Waals surface area (Å²) in [5.41, 5.74) is 0. The van der Waals surface area contributed by atoms with E-state index in [0.717, 1.165) is 51.4 Å². The summed E-state index contributed by atoms with van der Waals surface area (Å²) in [5.74, 6) is -1.75. The van der Waals surface area contributed by atoms with Gasteiger partial charge in [0.25, 0.3) is 0 Å². The highest BCUT2D eigenvalue weighted by atomic mass is 16.6. The van der Waals surface area contributed by atoms with Gasteiger partial charge in [-0.3, -0.25) is 9.59 Å². The minimum atomic E-state index is -1.13. The van der Waals surface area contributed by atoms with Crippen molar-refractivity contribution < 1.29 is 38.2 Å². The first-order valence-corrected chi connectivity index (χ1v) is 23.4. The van der Waals surface area contributed by atoms with Gasteiger partial charge in [-0.1, -0.05) is 160 Å². The Hall–Kier alpha value is -2.19. The van der Waals surface area contributed by atoms with Crippen LogP contribution in [0.3, 0.4) is 0 Å². The van der Waals surface area contributed by atoms with Gasteiger partial charge in [-0.25, -0.2) is 0 Å². The molecule has 0 aliphatic heterocycles. The number of carbonyl (C=O) groups is 3. The van der Waals surface area contributed by atoms with E-state index in [-0.39, 0.29) is 42.7 Å². The largest absolute Gasteiger partial charge is 0.544 e. The lowest BCUT2D eigenvalue weighted by molar-refractivity contribution is -0.889. The van der Waals surface area contributed by atoms with Gasteiger partial charge < -0.3 is 28.6 Å². The molecule has 0 radical (unpaired) electrons. The molecule has 328 valence electrons. The Kier molecular flexibility index (Phi) is 38.1. The fourth-order valence-electron chi connectivity index (χ4n) is 6.87. The van der Waals surface area contributed by atoms with Crippen LogP contribution in [-0.2, 0) is 28.6 Å². The maximum atomic E-state index is 12.7. The third kappa shape index (κ3) is 37.4. The highest BCUT2D eigenvalue weighted by Gasteiger charge is 2.25. The van der Waals surface area contributed by atoms with Crippen LogP contribution in [0, 0.1) is 0 Å². The van der Waals surface area contributed by atoms with Crippen LogP contribution >= 0.6 is 0 Å². The molecule has 0 saturated heterocycles. The maximum Gasteiger partial charge on any atom is 0.306 e. The minimum Gasteiger partial charge on any atom is -0.544 e. The van der Waals surface area contributed by atoms with Crippen molar-refractivity contribution in [1.29, 1.82) is 0 Å². The van der Waals surface area contributed by atoms with Gasteiger partial charge in [0, 0.05) is 19.3 Å². The number of hydrogen-bond donors (Lipinski definition) is 0. The molecule has 0 fully saturated rings. The quantitative estimate of drug-likeness (QED) is 0.0262. The van der Waals surface area contributed by atoms with Crippen LogP contribution in [-0.4, -0.2) is 75.5 Å². The first-order valence-electron chi connectivity index (χ1n) is 23.4. The third-order valence-corrected chi connectivity index (χ3v) is 10.6. The zero-order valence-corrected chi connectivity index (χ0v) is 37.3. The zero-order chi connectivity index (χ0) is 41.4. The van der Waals surface area contributed by atoms with E-state index < -0.39 is 18.1 Å². The maximum absolute atomic E-state index is 12.7. The Morgan fingerprint density at radius 3 is 1.34 bits per heavy atom. The van der Waals surface area contributed by atoms with Gasteiger partial charge in [-0.15, -0.1) is 0 Å². The van der Waals surface area contributed by atoms with Crippen molar-refractivity contribution >= 4 is 17.9 Å². The van der Waals surface area contributed by atoms with Gasteiger partial charge in [-0.2, -0.15) is 0 Å². The second-order valence-corrected chi connectivity index (χ2v) is 17.0. The molecule has 0 aliphatic rings. The van der Waals surface area contributed by atoms with Crippen molar-refractivity contribution in [2.75, 3.05) is 41.0 Å². The number of aliphatic carboxylic acids is 1. The number of rotatable bonds is 42. The minimum absolute atomic E-state index is 0.0390. The summed E-state index contributed by atoms with van der Waals surface area (Å²) in [5, 5.41) is 11.6. The summed E-state index contributed by atoms with van der Waals surface area (Å²) in [7, 11) is 5.41. The van der Waals surface area contributed by atoms with Crippen LogP contribution in [0.1, 0.15) is 213 Å². The molecule has 56 heavy (non-hydrogen) atoms. The molecule has 0 N–H and O–H groups in total. The number of nitrogens with zero attached hydrogens (tertiary/aromatic N) is 1. The van der Waals surface area contributed by atoms with E-state index >= 15 is 0 Å². The van der Waals surface area contributed by atoms with Gasteiger partial charge >= 0.3 is 11.9 Å². The Balaban J connectivity index is 4.24. The third-order valence-electron chi connectivity index (χ3n) is 10.6. The summed E-state index contributed by atoms with van der Waals surface area (Å²) in [4.78, 5) is 36.8. The lowest BCUT2D eigenvalue weighted by atomic mass is 10.1. The van der Waals surface area contributed by atoms with E-state index in [4.69, 9.17) is 14.2 Å². The van der Waals surface area contributed by atoms with E-state index in [9.17, 15) is 19.5 Å². The van der Waals surface area contributed by atoms with Gasteiger partial charge in [0.1, 0.15) is 12.6 Å². The fraction of sp³-hybridized carbons (Fsp3) is 0.854. The van der Waals surface area contributed by atoms with Crippen molar-refractivity contribution in [3.63, 3.8) is 0 Å². The molecule has 0 bridgehead atoms. The normalized spacial score (nSPS) is 13.1. The standard InChI is InChI=1S/C48H89NO7/c1-6-8-10-12-14-16-18-19-20-21-22-23-24-25-26-27-29-31-33-35-37-39-47(51)56-44(42-54-41-40-45(48(52)53)49(3,4)5)43-55-46(50)38-36-34-32-30-28-17-15-13-11-9-7-2/h13,15,23-24,44-45H,6-12,14,16-22,25-43H2,1-5H3/b15-13+,24-23+. The Labute approximate surface area is 345 Å². The molecule has 0 saturated carbocycles. The van der Waals surface area contributed by atoms with Crippen molar-refractivity contribution in [2.45, 2.75) is 225 Å². The summed E-state index contributed by atoms with van der Waals surface area (Å²) in [6, 6.07) is -0.725. The van der Waals surface area contributed by atoms with Crippen LogP contribution in [0.15, 0.2) is 24.3 Å². The summed E-state index contributed by atoms with van der Waals surface area (Å²) >= 11 is 0. The summed E-state index contributed by atoms with van der Waals surface area (Å²) in [6.07, 6.45) is 43.5. The molecule has 2 unspecified atom stereocenters. The number of quaternary nitrogens is 1. The molecule has 0 spiro atoms. The predicted molar refractivity (Wildman–Crippen MR) is 231 cm³/mol. The number of carboxylic acid groups (broad SMARTS) is 1. The van der Waals surface area contributed by atoms with Crippen LogP contribution in [0.25, 0.3) is 0 Å². The average molecular weight is 792 g/mol. The van der Waals surface area contributed by atoms with Crippen molar-refractivity contribution in [3.05, 3.63) is 24.3 Å². The zero-order valence-electron chi connectivity index (χ0n) is 37.3. The fourth-order valence-corrected chi connectivity index (χ4v) is 6.87. The molecule has 0 aromatic heterocycles. The van der Waals surface area contributed by atoms with Gasteiger partial charge in [0.05, 0.1) is 40.3 Å². The molecule has 0 aliphatic carbocycles. The number of carboxylic acids is 1. The molecule has 0 amide bonds. The van der Waals surface area contributed by atoms with Gasteiger partial charge in [0.2, 0.25) is 0 Å². The Morgan fingerprint density at radius 1 is 0.518 bits per heavy atom. The monoisotopic (exact) mass is 792 g/mol. The second kappa shape index (κ2) is 39.6. The van der Waals surface area contributed by atoms with Crippen molar-refractivity contribution in [1.82, 2.24) is 0 Å². The smallest absolute Gasteiger partial charge is 0.306 e. The predicted octanol–water partition coefficient (Wildman–Crippen LogP) is 11.5. The van der Waals surface area contributed by atoms with Crippen molar-refractivity contribution in [2.24, 2.45) is 0 Å². The highest BCUT2D eigenvalue weighted by Crippen LogP contribution is 2.15. The Bertz CT molecular complexity index is 973.